The van der Waals surface area contributed by atoms with Crippen LogP contribution in [-0.4, -0.2) is 0 Å². The Labute approximate surface area is 128 Å². The number of allylic oxidation sites excluding steroid dienone is 2. The topological polar surface area (TPSA) is 12.0 Å². The van der Waals surface area contributed by atoms with Crippen LogP contribution in [0.4, 0.5) is 5.69 Å². The molecule has 1 nitrogen and oxygen atoms in total. The molecule has 3 unspecified atom stereocenters. The lowest BCUT2D eigenvalue weighted by Gasteiger charge is -2.38. The van der Waals surface area contributed by atoms with Crippen LogP contribution in [0.1, 0.15) is 34.4 Å². The van der Waals surface area contributed by atoms with Crippen LogP contribution in [0.5, 0.6) is 0 Å². The number of nitrogens with one attached hydrogen (secondary N) is 1. The van der Waals surface area contributed by atoms with Gasteiger partial charge in [0.15, 0.2) is 0 Å². The summed E-state index contributed by atoms with van der Waals surface area (Å²) in [4.78, 5) is 1.42. The maximum absolute atomic E-state index is 6.48. The van der Waals surface area contributed by atoms with Crippen LogP contribution in [0.3, 0.4) is 0 Å². The molecule has 0 spiro atoms. The van der Waals surface area contributed by atoms with Crippen LogP contribution in [0, 0.1) is 12.8 Å². The summed E-state index contributed by atoms with van der Waals surface area (Å²) in [5.41, 5.74) is 3.81. The van der Waals surface area contributed by atoms with Gasteiger partial charge in [-0.1, -0.05) is 35.9 Å². The first-order valence-corrected chi connectivity index (χ1v) is 8.27. The second-order valence-corrected chi connectivity index (χ2v) is 7.03. The van der Waals surface area contributed by atoms with E-state index in [1.165, 1.54) is 21.7 Å². The summed E-state index contributed by atoms with van der Waals surface area (Å²) in [5, 5.41) is 6.82. The standard InChI is InChI=1S/C17H16ClNS/c1-10-7-8-13(18)15-11-4-2-5-12(11)17(19-16(10)15)14-6-3-9-20-14/h2-4,6-9,11-12,17,19H,5H2,1H3. The van der Waals surface area contributed by atoms with Gasteiger partial charge in [-0.05, 0) is 42.3 Å². The van der Waals surface area contributed by atoms with Crippen LogP contribution < -0.4 is 5.32 Å². The van der Waals surface area contributed by atoms with Gasteiger partial charge in [0, 0.05) is 27.1 Å². The molecule has 0 saturated carbocycles. The molecule has 20 heavy (non-hydrogen) atoms. The Kier molecular flexibility index (Phi) is 2.90. The zero-order valence-corrected chi connectivity index (χ0v) is 12.8. The van der Waals surface area contributed by atoms with Crippen molar-refractivity contribution >= 4 is 28.6 Å². The van der Waals surface area contributed by atoms with Crippen molar-refractivity contribution in [2.24, 2.45) is 5.92 Å². The number of benzene rings is 1. The van der Waals surface area contributed by atoms with E-state index in [2.05, 4.69) is 48.0 Å². The van der Waals surface area contributed by atoms with Crippen molar-refractivity contribution in [3.05, 3.63) is 62.8 Å². The molecule has 4 rings (SSSR count). The van der Waals surface area contributed by atoms with Gasteiger partial charge in [0.2, 0.25) is 0 Å². The predicted molar refractivity (Wildman–Crippen MR) is 86.9 cm³/mol. The summed E-state index contributed by atoms with van der Waals surface area (Å²) in [5.74, 6) is 1.03. The van der Waals surface area contributed by atoms with Crippen LogP contribution >= 0.6 is 22.9 Å². The molecule has 102 valence electrons. The molecule has 0 amide bonds. The predicted octanol–water partition coefficient (Wildman–Crippen LogP) is 5.54. The molecule has 2 aromatic rings. The van der Waals surface area contributed by atoms with Gasteiger partial charge in [-0.2, -0.15) is 0 Å². The van der Waals surface area contributed by atoms with Crippen molar-refractivity contribution in [1.82, 2.24) is 0 Å². The number of hydrogen-bond acceptors (Lipinski definition) is 2. The van der Waals surface area contributed by atoms with E-state index in [9.17, 15) is 0 Å². The molecule has 1 aromatic carbocycles. The normalized spacial score (nSPS) is 27.0. The van der Waals surface area contributed by atoms with E-state index in [-0.39, 0.29) is 0 Å². The van der Waals surface area contributed by atoms with Crippen molar-refractivity contribution in [3.63, 3.8) is 0 Å². The lowest BCUT2D eigenvalue weighted by molar-refractivity contribution is 0.429. The van der Waals surface area contributed by atoms with Crippen molar-refractivity contribution in [3.8, 4) is 0 Å². The molecule has 1 N–H and O–H groups in total. The molecule has 0 fully saturated rings. The van der Waals surface area contributed by atoms with Crippen molar-refractivity contribution < 1.29 is 0 Å². The minimum atomic E-state index is 0.402. The molecule has 1 aliphatic heterocycles. The third kappa shape index (κ3) is 1.75. The zero-order chi connectivity index (χ0) is 13.7. The summed E-state index contributed by atoms with van der Waals surface area (Å²) >= 11 is 8.32. The Bertz CT molecular complexity index is 675. The van der Waals surface area contributed by atoms with Crippen molar-refractivity contribution in [2.45, 2.75) is 25.3 Å². The number of thiophene rings is 1. The van der Waals surface area contributed by atoms with Crippen LogP contribution in [0.25, 0.3) is 0 Å². The Morgan fingerprint density at radius 1 is 1.30 bits per heavy atom. The van der Waals surface area contributed by atoms with Crippen molar-refractivity contribution in [2.75, 3.05) is 5.32 Å². The third-order valence-corrected chi connectivity index (χ3v) is 5.81. The highest BCUT2D eigenvalue weighted by atomic mass is 35.5. The number of halogens is 1. The highest BCUT2D eigenvalue weighted by Crippen LogP contribution is 2.53. The molecule has 0 radical (unpaired) electrons. The number of aryl methyl sites for hydroxylation is 1. The highest BCUT2D eigenvalue weighted by molar-refractivity contribution is 7.10. The van der Waals surface area contributed by atoms with E-state index in [1.807, 2.05) is 17.4 Å². The fourth-order valence-corrected chi connectivity index (χ4v) is 4.69. The van der Waals surface area contributed by atoms with Gasteiger partial charge in [0.1, 0.15) is 0 Å². The molecule has 3 atom stereocenters. The second-order valence-electron chi connectivity index (χ2n) is 5.64. The number of rotatable bonds is 1. The van der Waals surface area contributed by atoms with E-state index in [1.54, 1.807) is 0 Å². The minimum Gasteiger partial charge on any atom is -0.377 e. The summed E-state index contributed by atoms with van der Waals surface area (Å²) in [7, 11) is 0. The van der Waals surface area contributed by atoms with Crippen LogP contribution in [0.2, 0.25) is 5.02 Å². The van der Waals surface area contributed by atoms with Gasteiger partial charge < -0.3 is 5.32 Å². The number of hydrogen-bond donors (Lipinski definition) is 1. The summed E-state index contributed by atoms with van der Waals surface area (Å²) in [6.07, 6.45) is 5.78. The SMILES string of the molecule is Cc1ccc(Cl)c2c1NC(c1cccs1)C1CC=CC21. The molecular formula is C17H16ClNS. The van der Waals surface area contributed by atoms with Crippen molar-refractivity contribution in [1.29, 1.82) is 0 Å². The van der Waals surface area contributed by atoms with E-state index < -0.39 is 0 Å². The van der Waals surface area contributed by atoms with Gasteiger partial charge in [-0.25, -0.2) is 0 Å². The van der Waals surface area contributed by atoms with E-state index in [4.69, 9.17) is 11.6 Å². The van der Waals surface area contributed by atoms with E-state index in [0.717, 1.165) is 11.4 Å². The Morgan fingerprint density at radius 3 is 3.00 bits per heavy atom. The molecule has 1 aromatic heterocycles. The Balaban J connectivity index is 1.88. The van der Waals surface area contributed by atoms with Crippen LogP contribution in [0.15, 0.2) is 41.8 Å². The average molecular weight is 302 g/mol. The first kappa shape index (κ1) is 12.5. The monoisotopic (exact) mass is 301 g/mol. The third-order valence-electron chi connectivity index (χ3n) is 4.52. The zero-order valence-electron chi connectivity index (χ0n) is 11.3. The number of fused-ring (bicyclic) bond motifs is 3. The maximum Gasteiger partial charge on any atom is 0.0646 e. The second kappa shape index (κ2) is 4.64. The fourth-order valence-electron chi connectivity index (χ4n) is 3.56. The molecule has 2 heterocycles. The average Bonchev–Trinajstić information content (AvgIpc) is 3.11. The van der Waals surface area contributed by atoms with Gasteiger partial charge in [-0.15, -0.1) is 11.3 Å². The van der Waals surface area contributed by atoms with Gasteiger partial charge in [-0.3, -0.25) is 0 Å². The smallest absolute Gasteiger partial charge is 0.0646 e. The quantitative estimate of drug-likeness (QED) is 0.682. The molecular weight excluding hydrogens is 286 g/mol. The first-order chi connectivity index (χ1) is 9.75. The first-order valence-electron chi connectivity index (χ1n) is 7.01. The fraction of sp³-hybridized carbons (Fsp3) is 0.294. The Morgan fingerprint density at radius 2 is 2.20 bits per heavy atom. The largest absolute Gasteiger partial charge is 0.377 e. The maximum atomic E-state index is 6.48. The highest BCUT2D eigenvalue weighted by Gasteiger charge is 2.39. The lowest BCUT2D eigenvalue weighted by atomic mass is 9.78. The lowest BCUT2D eigenvalue weighted by Crippen LogP contribution is -2.29. The molecule has 3 heteroatoms. The summed E-state index contributed by atoms with van der Waals surface area (Å²) in [6.45, 7) is 2.16. The van der Waals surface area contributed by atoms with Gasteiger partial charge >= 0.3 is 0 Å². The van der Waals surface area contributed by atoms with Gasteiger partial charge in [0.05, 0.1) is 6.04 Å². The summed E-state index contributed by atoms with van der Waals surface area (Å²) < 4.78 is 0. The van der Waals surface area contributed by atoms with Crippen LogP contribution in [-0.2, 0) is 0 Å². The summed E-state index contributed by atoms with van der Waals surface area (Å²) in [6, 6.07) is 8.92. The molecule has 2 aliphatic rings. The van der Waals surface area contributed by atoms with Gasteiger partial charge in [0.25, 0.3) is 0 Å². The number of anilines is 1. The Hall–Kier alpha value is -1.25. The minimum absolute atomic E-state index is 0.402. The molecule has 1 aliphatic carbocycles. The molecule has 0 saturated heterocycles. The molecule has 0 bridgehead atoms. The van der Waals surface area contributed by atoms with E-state index >= 15 is 0 Å². The van der Waals surface area contributed by atoms with E-state index in [0.29, 0.717) is 17.9 Å².